The zero-order valence-electron chi connectivity index (χ0n) is 7.58. The van der Waals surface area contributed by atoms with E-state index in [4.69, 9.17) is 10.4 Å². The van der Waals surface area contributed by atoms with Crippen molar-refractivity contribution in [1.82, 2.24) is 5.32 Å². The van der Waals surface area contributed by atoms with Gasteiger partial charge in [0.1, 0.15) is 6.04 Å². The summed E-state index contributed by atoms with van der Waals surface area (Å²) < 4.78 is 0. The molecule has 3 nitrogen and oxygen atoms in total. The second-order valence-corrected chi connectivity index (χ2v) is 4.04. The summed E-state index contributed by atoms with van der Waals surface area (Å²) in [5.74, 6) is 0.742. The largest absolute Gasteiger partial charge is 0.395 e. The number of rotatable bonds is 6. The number of thioether (sulfide) groups is 1. The van der Waals surface area contributed by atoms with Gasteiger partial charge in [0.2, 0.25) is 0 Å². The fraction of sp³-hybridized carbons (Fsp3) is 0.875. The van der Waals surface area contributed by atoms with Crippen molar-refractivity contribution in [3.63, 3.8) is 0 Å². The van der Waals surface area contributed by atoms with Gasteiger partial charge in [-0.2, -0.15) is 17.0 Å². The molecule has 0 aliphatic heterocycles. The third-order valence-electron chi connectivity index (χ3n) is 1.41. The van der Waals surface area contributed by atoms with Crippen LogP contribution in [0.2, 0.25) is 0 Å². The van der Waals surface area contributed by atoms with Crippen molar-refractivity contribution in [1.29, 1.82) is 5.26 Å². The SMILES string of the molecule is CCNC(C#N)CSC(C)CO. The number of aliphatic hydroxyl groups is 1. The lowest BCUT2D eigenvalue weighted by atomic mass is 10.4. The summed E-state index contributed by atoms with van der Waals surface area (Å²) in [6.45, 7) is 4.91. The first-order valence-corrected chi connectivity index (χ1v) is 5.14. The van der Waals surface area contributed by atoms with Gasteiger partial charge in [0.25, 0.3) is 0 Å². The molecular weight excluding hydrogens is 172 g/mol. The summed E-state index contributed by atoms with van der Waals surface area (Å²) in [5, 5.41) is 20.7. The van der Waals surface area contributed by atoms with E-state index in [0.717, 1.165) is 12.3 Å². The van der Waals surface area contributed by atoms with Crippen molar-refractivity contribution < 1.29 is 5.11 Å². The first-order valence-electron chi connectivity index (χ1n) is 4.10. The summed E-state index contributed by atoms with van der Waals surface area (Å²) in [6, 6.07) is 2.08. The molecule has 2 atom stereocenters. The third-order valence-corrected chi connectivity index (χ3v) is 2.65. The van der Waals surface area contributed by atoms with Gasteiger partial charge in [-0.05, 0) is 6.54 Å². The van der Waals surface area contributed by atoms with E-state index in [9.17, 15) is 0 Å². The smallest absolute Gasteiger partial charge is 0.104 e. The molecular formula is C8H16N2OS. The minimum absolute atomic E-state index is 0.0889. The Kier molecular flexibility index (Phi) is 7.26. The van der Waals surface area contributed by atoms with Crippen LogP contribution in [0.5, 0.6) is 0 Å². The van der Waals surface area contributed by atoms with Crippen molar-refractivity contribution in [2.24, 2.45) is 0 Å². The Morgan fingerprint density at radius 3 is 2.75 bits per heavy atom. The fourth-order valence-corrected chi connectivity index (χ4v) is 1.52. The topological polar surface area (TPSA) is 56.0 Å². The van der Waals surface area contributed by atoms with Crippen LogP contribution in [-0.2, 0) is 0 Å². The highest BCUT2D eigenvalue weighted by atomic mass is 32.2. The average molecular weight is 188 g/mol. The molecule has 0 heterocycles. The van der Waals surface area contributed by atoms with Crippen molar-refractivity contribution in [3.8, 4) is 6.07 Å². The molecule has 0 amide bonds. The molecule has 0 aromatic carbocycles. The Balaban J connectivity index is 3.52. The van der Waals surface area contributed by atoms with E-state index in [1.165, 1.54) is 0 Å². The van der Waals surface area contributed by atoms with E-state index in [2.05, 4.69) is 11.4 Å². The highest BCUT2D eigenvalue weighted by Crippen LogP contribution is 2.10. The zero-order valence-corrected chi connectivity index (χ0v) is 8.40. The lowest BCUT2D eigenvalue weighted by Crippen LogP contribution is -2.30. The fourth-order valence-electron chi connectivity index (χ4n) is 0.701. The van der Waals surface area contributed by atoms with Crippen LogP contribution >= 0.6 is 11.8 Å². The molecule has 0 fully saturated rings. The van der Waals surface area contributed by atoms with Gasteiger partial charge in [0.15, 0.2) is 0 Å². The summed E-state index contributed by atoms with van der Waals surface area (Å²) >= 11 is 1.61. The van der Waals surface area contributed by atoms with Crippen LogP contribution in [0, 0.1) is 11.3 Å². The summed E-state index contributed by atoms with van der Waals surface area (Å²) in [4.78, 5) is 0. The minimum atomic E-state index is -0.0889. The molecule has 0 spiro atoms. The molecule has 0 bridgehead atoms. The van der Waals surface area contributed by atoms with Gasteiger partial charge < -0.3 is 10.4 Å². The van der Waals surface area contributed by atoms with E-state index in [0.29, 0.717) is 0 Å². The van der Waals surface area contributed by atoms with Crippen LogP contribution < -0.4 is 5.32 Å². The molecule has 0 aliphatic carbocycles. The zero-order chi connectivity index (χ0) is 9.40. The average Bonchev–Trinajstić information content (AvgIpc) is 2.11. The van der Waals surface area contributed by atoms with Gasteiger partial charge in [-0.25, -0.2) is 0 Å². The van der Waals surface area contributed by atoms with Gasteiger partial charge in [0, 0.05) is 11.0 Å². The third kappa shape index (κ3) is 5.42. The number of hydrogen-bond donors (Lipinski definition) is 2. The summed E-state index contributed by atoms with van der Waals surface area (Å²) in [7, 11) is 0. The quantitative estimate of drug-likeness (QED) is 0.641. The highest BCUT2D eigenvalue weighted by Gasteiger charge is 2.07. The van der Waals surface area contributed by atoms with Crippen LogP contribution in [-0.4, -0.2) is 35.3 Å². The minimum Gasteiger partial charge on any atom is -0.395 e. The number of nitrogens with zero attached hydrogens (tertiary/aromatic N) is 1. The Morgan fingerprint density at radius 2 is 2.33 bits per heavy atom. The Bertz CT molecular complexity index is 146. The molecule has 0 aromatic heterocycles. The highest BCUT2D eigenvalue weighted by molar-refractivity contribution is 7.99. The van der Waals surface area contributed by atoms with Gasteiger partial charge in [0.05, 0.1) is 12.7 Å². The molecule has 0 saturated heterocycles. The van der Waals surface area contributed by atoms with Crippen molar-refractivity contribution in [3.05, 3.63) is 0 Å². The van der Waals surface area contributed by atoms with E-state index < -0.39 is 0 Å². The van der Waals surface area contributed by atoms with Crippen molar-refractivity contribution >= 4 is 11.8 Å². The van der Waals surface area contributed by atoms with Gasteiger partial charge >= 0.3 is 0 Å². The number of nitrogens with one attached hydrogen (secondary N) is 1. The molecule has 0 rings (SSSR count). The van der Waals surface area contributed by atoms with Crippen LogP contribution in [0.15, 0.2) is 0 Å². The number of aliphatic hydroxyl groups excluding tert-OH is 1. The monoisotopic (exact) mass is 188 g/mol. The van der Waals surface area contributed by atoms with Gasteiger partial charge in [-0.1, -0.05) is 13.8 Å². The first-order chi connectivity index (χ1) is 5.74. The molecule has 70 valence electrons. The lowest BCUT2D eigenvalue weighted by molar-refractivity contribution is 0.300. The Labute approximate surface area is 78.2 Å². The molecule has 0 aromatic rings. The molecule has 2 unspecified atom stereocenters. The Hall–Kier alpha value is -0.240. The molecule has 0 radical (unpaired) electrons. The standard InChI is InChI=1S/C8H16N2OS/c1-3-10-8(4-9)6-12-7(2)5-11/h7-8,10-11H,3,5-6H2,1-2H3. The van der Waals surface area contributed by atoms with Gasteiger partial charge in [-0.3, -0.25) is 0 Å². The predicted molar refractivity (Wildman–Crippen MR) is 52.1 cm³/mol. The second kappa shape index (κ2) is 7.41. The van der Waals surface area contributed by atoms with Gasteiger partial charge in [-0.15, -0.1) is 0 Å². The maximum Gasteiger partial charge on any atom is 0.104 e. The van der Waals surface area contributed by atoms with Crippen LogP contribution in [0.3, 0.4) is 0 Å². The summed E-state index contributed by atoms with van der Waals surface area (Å²) in [6.07, 6.45) is 0. The molecule has 12 heavy (non-hydrogen) atoms. The first kappa shape index (κ1) is 11.8. The van der Waals surface area contributed by atoms with Crippen LogP contribution in [0.25, 0.3) is 0 Å². The van der Waals surface area contributed by atoms with E-state index in [1.807, 2.05) is 13.8 Å². The van der Waals surface area contributed by atoms with Crippen LogP contribution in [0.4, 0.5) is 0 Å². The molecule has 4 heteroatoms. The maximum absolute atomic E-state index is 8.73. The second-order valence-electron chi connectivity index (χ2n) is 2.57. The molecule has 2 N–H and O–H groups in total. The van der Waals surface area contributed by atoms with Crippen molar-refractivity contribution in [2.75, 3.05) is 18.9 Å². The lowest BCUT2D eigenvalue weighted by Gasteiger charge is -2.11. The number of hydrogen-bond acceptors (Lipinski definition) is 4. The summed E-state index contributed by atoms with van der Waals surface area (Å²) in [5.41, 5.74) is 0. The van der Waals surface area contributed by atoms with E-state index in [-0.39, 0.29) is 17.9 Å². The normalized spacial score (nSPS) is 15.2. The number of nitriles is 1. The maximum atomic E-state index is 8.73. The Morgan fingerprint density at radius 1 is 1.67 bits per heavy atom. The van der Waals surface area contributed by atoms with Crippen molar-refractivity contribution in [2.45, 2.75) is 25.1 Å². The molecule has 0 aliphatic rings. The molecule has 0 saturated carbocycles. The van der Waals surface area contributed by atoms with E-state index in [1.54, 1.807) is 11.8 Å². The van der Waals surface area contributed by atoms with Crippen LogP contribution in [0.1, 0.15) is 13.8 Å². The predicted octanol–water partition coefficient (Wildman–Crippen LogP) is 0.602. The van der Waals surface area contributed by atoms with E-state index >= 15 is 0 Å².